The Morgan fingerprint density at radius 2 is 1.68 bits per heavy atom. The van der Waals surface area contributed by atoms with Crippen LogP contribution in [-0.4, -0.2) is 70.8 Å². The Kier molecular flexibility index (Phi) is 11.2. The van der Waals surface area contributed by atoms with Crippen LogP contribution < -0.4 is 19.1 Å². The van der Waals surface area contributed by atoms with Crippen molar-refractivity contribution in [1.82, 2.24) is 10.2 Å². The molecule has 10 heteroatoms. The van der Waals surface area contributed by atoms with Gasteiger partial charge in [0, 0.05) is 18.7 Å². The van der Waals surface area contributed by atoms with Crippen molar-refractivity contribution in [2.24, 2.45) is 0 Å². The summed E-state index contributed by atoms with van der Waals surface area (Å²) >= 11 is 0. The van der Waals surface area contributed by atoms with Gasteiger partial charge in [-0.3, -0.25) is 13.9 Å². The molecular formula is C27H39N3O6S. The molecule has 2 atom stereocenters. The molecule has 37 heavy (non-hydrogen) atoms. The molecule has 2 aromatic rings. The maximum Gasteiger partial charge on any atom is 0.244 e. The quantitative estimate of drug-likeness (QED) is 0.400. The molecule has 0 spiro atoms. The predicted octanol–water partition coefficient (Wildman–Crippen LogP) is 3.23. The Morgan fingerprint density at radius 1 is 1.00 bits per heavy atom. The first-order chi connectivity index (χ1) is 17.5. The molecule has 0 aromatic heterocycles. The summed E-state index contributed by atoms with van der Waals surface area (Å²) in [5.74, 6) is -0.0100. The number of nitrogens with zero attached hydrogens (tertiary/aromatic N) is 2. The summed E-state index contributed by atoms with van der Waals surface area (Å²) in [7, 11) is -0.969. The van der Waals surface area contributed by atoms with Gasteiger partial charge in [-0.15, -0.1) is 0 Å². The maximum atomic E-state index is 13.8. The molecule has 0 fully saturated rings. The zero-order chi connectivity index (χ0) is 27.6. The van der Waals surface area contributed by atoms with E-state index in [0.29, 0.717) is 18.6 Å². The smallest absolute Gasteiger partial charge is 0.244 e. The van der Waals surface area contributed by atoms with Crippen molar-refractivity contribution in [3.8, 4) is 11.5 Å². The fraction of sp³-hybridized carbons (Fsp3) is 0.481. The van der Waals surface area contributed by atoms with E-state index in [0.717, 1.165) is 22.5 Å². The van der Waals surface area contributed by atoms with Crippen molar-refractivity contribution >= 4 is 27.5 Å². The Morgan fingerprint density at radius 3 is 2.22 bits per heavy atom. The summed E-state index contributed by atoms with van der Waals surface area (Å²) in [6, 6.07) is 13.5. The van der Waals surface area contributed by atoms with Gasteiger partial charge in [-0.1, -0.05) is 44.2 Å². The van der Waals surface area contributed by atoms with Gasteiger partial charge in [-0.25, -0.2) is 8.42 Å². The molecular weight excluding hydrogens is 494 g/mol. The van der Waals surface area contributed by atoms with Gasteiger partial charge in [0.2, 0.25) is 21.8 Å². The minimum absolute atomic E-state index is 0.0521. The van der Waals surface area contributed by atoms with Crippen LogP contribution in [0, 0.1) is 0 Å². The van der Waals surface area contributed by atoms with Gasteiger partial charge in [0.25, 0.3) is 0 Å². The highest BCUT2D eigenvalue weighted by Gasteiger charge is 2.32. The molecule has 0 unspecified atom stereocenters. The second-order valence-corrected chi connectivity index (χ2v) is 10.8. The number of methoxy groups -OCH3 is 2. The third-order valence-electron chi connectivity index (χ3n) is 6.21. The number of anilines is 1. The first kappa shape index (κ1) is 30.0. The topological polar surface area (TPSA) is 105 Å². The molecule has 0 radical (unpaired) electrons. The largest absolute Gasteiger partial charge is 0.497 e. The van der Waals surface area contributed by atoms with Crippen LogP contribution in [0.15, 0.2) is 48.5 Å². The van der Waals surface area contributed by atoms with Gasteiger partial charge in [-0.05, 0) is 43.9 Å². The number of ether oxygens (including phenoxy) is 2. The molecule has 1 N–H and O–H groups in total. The number of nitrogens with one attached hydrogen (secondary N) is 1. The van der Waals surface area contributed by atoms with Crippen LogP contribution in [0.1, 0.15) is 39.2 Å². The first-order valence-corrected chi connectivity index (χ1v) is 14.2. The third kappa shape index (κ3) is 8.38. The second kappa shape index (κ2) is 13.9. The molecule has 2 amide bonds. The van der Waals surface area contributed by atoms with Crippen molar-refractivity contribution in [3.63, 3.8) is 0 Å². The summed E-state index contributed by atoms with van der Waals surface area (Å²) in [6.45, 7) is 5.49. The predicted molar refractivity (Wildman–Crippen MR) is 146 cm³/mol. The zero-order valence-corrected chi connectivity index (χ0v) is 23.4. The summed E-state index contributed by atoms with van der Waals surface area (Å²) < 4.78 is 37.3. The summed E-state index contributed by atoms with van der Waals surface area (Å²) in [5, 5.41) is 2.96. The van der Waals surface area contributed by atoms with Crippen molar-refractivity contribution in [1.29, 1.82) is 0 Å². The number of benzene rings is 2. The van der Waals surface area contributed by atoms with Crippen LogP contribution in [0.4, 0.5) is 5.69 Å². The van der Waals surface area contributed by atoms with Crippen LogP contribution in [0.5, 0.6) is 11.5 Å². The molecule has 0 saturated carbocycles. The van der Waals surface area contributed by atoms with Crippen molar-refractivity contribution < 1.29 is 27.5 Å². The normalized spacial score (nSPS) is 12.8. The SMILES string of the molecule is CC[C@@H](C)NC(=O)[C@H](CC)N(CCc1ccccc1)C(=O)CN(c1ccc(OC)cc1OC)S(C)(=O)=O. The molecule has 0 aliphatic heterocycles. The average Bonchev–Trinajstić information content (AvgIpc) is 2.88. The summed E-state index contributed by atoms with van der Waals surface area (Å²) in [5.41, 5.74) is 1.22. The van der Waals surface area contributed by atoms with Gasteiger partial charge in [-0.2, -0.15) is 0 Å². The van der Waals surface area contributed by atoms with Crippen molar-refractivity contribution in [3.05, 3.63) is 54.1 Å². The molecule has 0 bridgehead atoms. The zero-order valence-electron chi connectivity index (χ0n) is 22.6. The molecule has 0 aliphatic rings. The number of carbonyl (C=O) groups excluding carboxylic acids is 2. The molecule has 0 aliphatic carbocycles. The van der Waals surface area contributed by atoms with E-state index in [4.69, 9.17) is 9.47 Å². The van der Waals surface area contributed by atoms with Crippen LogP contribution in [-0.2, 0) is 26.0 Å². The second-order valence-electron chi connectivity index (χ2n) is 8.87. The van der Waals surface area contributed by atoms with E-state index in [1.54, 1.807) is 12.1 Å². The number of hydrogen-bond donors (Lipinski definition) is 1. The van der Waals surface area contributed by atoms with Crippen LogP contribution in [0.3, 0.4) is 0 Å². The van der Waals surface area contributed by atoms with E-state index < -0.39 is 28.5 Å². The molecule has 0 heterocycles. The van der Waals surface area contributed by atoms with E-state index in [-0.39, 0.29) is 29.9 Å². The molecule has 0 saturated heterocycles. The maximum absolute atomic E-state index is 13.8. The Balaban J connectivity index is 2.43. The van der Waals surface area contributed by atoms with E-state index >= 15 is 0 Å². The Hall–Kier alpha value is -3.27. The Bertz CT molecular complexity index is 1140. The number of rotatable bonds is 14. The highest BCUT2D eigenvalue weighted by atomic mass is 32.2. The van der Waals surface area contributed by atoms with E-state index in [1.165, 1.54) is 25.2 Å². The summed E-state index contributed by atoms with van der Waals surface area (Å²) in [6.07, 6.45) is 2.68. The number of hydrogen-bond acceptors (Lipinski definition) is 6. The van der Waals surface area contributed by atoms with Crippen LogP contribution in [0.2, 0.25) is 0 Å². The molecule has 204 valence electrons. The fourth-order valence-electron chi connectivity index (χ4n) is 3.92. The minimum atomic E-state index is -3.88. The lowest BCUT2D eigenvalue weighted by atomic mass is 10.1. The lowest BCUT2D eigenvalue weighted by molar-refractivity contribution is -0.139. The van der Waals surface area contributed by atoms with Crippen LogP contribution in [0.25, 0.3) is 0 Å². The van der Waals surface area contributed by atoms with E-state index in [9.17, 15) is 18.0 Å². The van der Waals surface area contributed by atoms with Gasteiger partial charge in [0.15, 0.2) is 0 Å². The average molecular weight is 534 g/mol. The molecule has 9 nitrogen and oxygen atoms in total. The lowest BCUT2D eigenvalue weighted by Gasteiger charge is -2.33. The minimum Gasteiger partial charge on any atom is -0.497 e. The van der Waals surface area contributed by atoms with Crippen LogP contribution >= 0.6 is 0 Å². The highest BCUT2D eigenvalue weighted by Crippen LogP contribution is 2.33. The fourth-order valence-corrected chi connectivity index (χ4v) is 4.78. The van der Waals surface area contributed by atoms with Gasteiger partial charge in [0.05, 0.1) is 26.2 Å². The molecule has 2 rings (SSSR count). The van der Waals surface area contributed by atoms with Crippen molar-refractivity contribution in [2.75, 3.05) is 37.9 Å². The Labute approximate surface area is 220 Å². The first-order valence-electron chi connectivity index (χ1n) is 12.4. The summed E-state index contributed by atoms with van der Waals surface area (Å²) in [4.78, 5) is 28.4. The number of carbonyl (C=O) groups is 2. The van der Waals surface area contributed by atoms with Gasteiger partial charge >= 0.3 is 0 Å². The van der Waals surface area contributed by atoms with Gasteiger partial charge < -0.3 is 19.7 Å². The monoisotopic (exact) mass is 533 g/mol. The highest BCUT2D eigenvalue weighted by molar-refractivity contribution is 7.92. The lowest BCUT2D eigenvalue weighted by Crippen LogP contribution is -2.54. The van der Waals surface area contributed by atoms with Gasteiger partial charge in [0.1, 0.15) is 24.1 Å². The standard InChI is InChI=1S/C27H39N3O6S/c1-7-20(3)28-27(32)23(8-2)29(17-16-21-12-10-9-11-13-21)26(31)19-30(37(6,33)34)24-15-14-22(35-4)18-25(24)36-5/h9-15,18,20,23H,7-8,16-17,19H2,1-6H3,(H,28,32)/t20-,23+/m1/s1. The third-order valence-corrected chi connectivity index (χ3v) is 7.33. The van der Waals surface area contributed by atoms with E-state index in [2.05, 4.69) is 5.32 Å². The number of sulfonamides is 1. The molecule has 2 aromatic carbocycles. The van der Waals surface area contributed by atoms with E-state index in [1.807, 2.05) is 51.1 Å². The van der Waals surface area contributed by atoms with Crippen molar-refractivity contribution in [2.45, 2.75) is 52.1 Å². The number of amides is 2.